The molecule has 0 saturated carbocycles. The second-order valence-electron chi connectivity index (χ2n) is 4.71. The van der Waals surface area contributed by atoms with E-state index in [9.17, 15) is 13.2 Å². The number of hydrogen-bond acceptors (Lipinski definition) is 5. The van der Waals surface area contributed by atoms with E-state index in [1.54, 1.807) is 0 Å². The van der Waals surface area contributed by atoms with Crippen molar-refractivity contribution < 1.29 is 13.2 Å². The number of rotatable bonds is 7. The Bertz CT molecular complexity index is 420. The van der Waals surface area contributed by atoms with Crippen LogP contribution < -0.4 is 16.6 Å². The van der Waals surface area contributed by atoms with Gasteiger partial charge in [-0.15, -0.1) is 0 Å². The zero-order chi connectivity index (χ0) is 15.2. The Morgan fingerprint density at radius 3 is 2.40 bits per heavy atom. The Morgan fingerprint density at radius 2 is 1.85 bits per heavy atom. The fourth-order valence-electron chi connectivity index (χ4n) is 1.63. The van der Waals surface area contributed by atoms with Gasteiger partial charge in [-0.2, -0.15) is 13.2 Å². The summed E-state index contributed by atoms with van der Waals surface area (Å²) in [6, 6.07) is 1.85. The van der Waals surface area contributed by atoms with Crippen LogP contribution in [-0.4, -0.2) is 37.1 Å². The number of nitrogens with zero attached hydrogens (tertiary/aromatic N) is 2. The average molecular weight is 291 g/mol. The summed E-state index contributed by atoms with van der Waals surface area (Å²) in [5, 5.41) is 2.88. The molecule has 0 spiro atoms. The van der Waals surface area contributed by atoms with Crippen molar-refractivity contribution >= 4 is 11.6 Å². The first kappa shape index (κ1) is 16.5. The van der Waals surface area contributed by atoms with Crippen LogP contribution in [0.5, 0.6) is 0 Å². The SMILES string of the molecule is CN(C)CCCCNc1cc(C(F)(F)F)cc(NN)n1. The Hall–Kier alpha value is -1.54. The van der Waals surface area contributed by atoms with Gasteiger partial charge < -0.3 is 15.6 Å². The van der Waals surface area contributed by atoms with Crippen LogP contribution in [0.1, 0.15) is 18.4 Å². The Kier molecular flexibility index (Phi) is 6.03. The number of aromatic nitrogens is 1. The highest BCUT2D eigenvalue weighted by Gasteiger charge is 2.31. The third-order valence-electron chi connectivity index (χ3n) is 2.64. The number of nitrogen functional groups attached to an aromatic ring is 1. The molecule has 1 aromatic rings. The van der Waals surface area contributed by atoms with E-state index in [0.717, 1.165) is 31.5 Å². The molecular weight excluding hydrogens is 271 g/mol. The molecule has 20 heavy (non-hydrogen) atoms. The summed E-state index contributed by atoms with van der Waals surface area (Å²) in [5.41, 5.74) is 1.36. The molecule has 114 valence electrons. The number of alkyl halides is 3. The minimum absolute atomic E-state index is 0.0179. The van der Waals surface area contributed by atoms with Gasteiger partial charge in [-0.25, -0.2) is 10.8 Å². The molecule has 0 radical (unpaired) electrons. The number of halogens is 3. The van der Waals surface area contributed by atoms with Gasteiger partial charge in [0.2, 0.25) is 0 Å². The second-order valence-corrected chi connectivity index (χ2v) is 4.71. The zero-order valence-electron chi connectivity index (χ0n) is 11.6. The largest absolute Gasteiger partial charge is 0.416 e. The maximum absolute atomic E-state index is 12.7. The van der Waals surface area contributed by atoms with E-state index in [-0.39, 0.29) is 11.6 Å². The molecule has 0 aliphatic carbocycles. The van der Waals surface area contributed by atoms with Gasteiger partial charge in [0, 0.05) is 6.54 Å². The van der Waals surface area contributed by atoms with Gasteiger partial charge in [0.05, 0.1) is 5.56 Å². The van der Waals surface area contributed by atoms with E-state index in [4.69, 9.17) is 5.84 Å². The number of hydrogen-bond donors (Lipinski definition) is 3. The summed E-state index contributed by atoms with van der Waals surface area (Å²) in [5.74, 6) is 5.27. The van der Waals surface area contributed by atoms with Gasteiger partial charge in [-0.3, -0.25) is 0 Å². The van der Waals surface area contributed by atoms with Crippen LogP contribution in [0.15, 0.2) is 12.1 Å². The van der Waals surface area contributed by atoms with E-state index < -0.39 is 11.7 Å². The van der Waals surface area contributed by atoms with Crippen molar-refractivity contribution in [2.45, 2.75) is 19.0 Å². The Balaban J connectivity index is 2.61. The first-order valence-corrected chi connectivity index (χ1v) is 6.27. The second kappa shape index (κ2) is 7.30. The van der Waals surface area contributed by atoms with Crippen LogP contribution in [-0.2, 0) is 6.18 Å². The lowest BCUT2D eigenvalue weighted by molar-refractivity contribution is -0.137. The average Bonchev–Trinajstić information content (AvgIpc) is 2.36. The van der Waals surface area contributed by atoms with Crippen molar-refractivity contribution in [3.8, 4) is 0 Å². The highest BCUT2D eigenvalue weighted by atomic mass is 19.4. The standard InChI is InChI=1S/C12H20F3N5/c1-20(2)6-4-3-5-17-10-7-9(12(13,14)15)8-11(18-10)19-16/h7-8H,3-6,16H2,1-2H3,(H2,17,18,19). The molecule has 0 unspecified atom stereocenters. The molecule has 8 heteroatoms. The summed E-state index contributed by atoms with van der Waals surface area (Å²) in [4.78, 5) is 6.00. The number of unbranched alkanes of at least 4 members (excludes halogenated alkanes) is 1. The van der Waals surface area contributed by atoms with Crippen molar-refractivity contribution in [1.82, 2.24) is 9.88 Å². The van der Waals surface area contributed by atoms with Gasteiger partial charge in [0.25, 0.3) is 0 Å². The normalized spacial score (nSPS) is 11.8. The minimum atomic E-state index is -4.42. The van der Waals surface area contributed by atoms with Crippen LogP contribution in [0.4, 0.5) is 24.8 Å². The lowest BCUT2D eigenvalue weighted by Crippen LogP contribution is -2.16. The number of hydrazine groups is 1. The van der Waals surface area contributed by atoms with Crippen LogP contribution in [0.25, 0.3) is 0 Å². The third-order valence-corrected chi connectivity index (χ3v) is 2.64. The van der Waals surface area contributed by atoms with E-state index in [0.29, 0.717) is 6.54 Å². The highest BCUT2D eigenvalue weighted by Crippen LogP contribution is 2.31. The van der Waals surface area contributed by atoms with Crippen LogP contribution >= 0.6 is 0 Å². The number of pyridine rings is 1. The van der Waals surface area contributed by atoms with Crippen molar-refractivity contribution in [3.05, 3.63) is 17.7 Å². The Morgan fingerprint density at radius 1 is 1.20 bits per heavy atom. The molecule has 5 nitrogen and oxygen atoms in total. The number of nitrogens with two attached hydrogens (primary N) is 1. The molecule has 1 aromatic heterocycles. The predicted octanol–water partition coefficient (Wildman–Crippen LogP) is 2.14. The van der Waals surface area contributed by atoms with Crippen molar-refractivity contribution in [3.63, 3.8) is 0 Å². The van der Waals surface area contributed by atoms with Crippen molar-refractivity contribution in [1.29, 1.82) is 0 Å². The van der Waals surface area contributed by atoms with E-state index in [1.807, 2.05) is 14.1 Å². The molecule has 0 bridgehead atoms. The maximum Gasteiger partial charge on any atom is 0.416 e. The fourth-order valence-corrected chi connectivity index (χ4v) is 1.63. The molecule has 0 fully saturated rings. The minimum Gasteiger partial charge on any atom is -0.370 e. The summed E-state index contributed by atoms with van der Waals surface area (Å²) in [6.45, 7) is 1.50. The van der Waals surface area contributed by atoms with E-state index in [2.05, 4.69) is 20.6 Å². The molecule has 1 rings (SSSR count). The topological polar surface area (TPSA) is 66.2 Å². The molecule has 0 aliphatic rings. The zero-order valence-corrected chi connectivity index (χ0v) is 11.6. The molecule has 4 N–H and O–H groups in total. The summed E-state index contributed by atoms with van der Waals surface area (Å²) in [7, 11) is 3.95. The van der Waals surface area contributed by atoms with Gasteiger partial charge in [0.15, 0.2) is 0 Å². The number of anilines is 2. The molecule has 0 aliphatic heterocycles. The van der Waals surface area contributed by atoms with E-state index in [1.165, 1.54) is 0 Å². The van der Waals surface area contributed by atoms with Crippen LogP contribution in [0.3, 0.4) is 0 Å². The van der Waals surface area contributed by atoms with E-state index >= 15 is 0 Å². The monoisotopic (exact) mass is 291 g/mol. The lowest BCUT2D eigenvalue weighted by Gasteiger charge is -2.13. The van der Waals surface area contributed by atoms with Crippen molar-refractivity contribution in [2.24, 2.45) is 5.84 Å². The van der Waals surface area contributed by atoms with Gasteiger partial charge >= 0.3 is 6.18 Å². The summed E-state index contributed by atoms with van der Waals surface area (Å²) >= 11 is 0. The van der Waals surface area contributed by atoms with Gasteiger partial charge in [0.1, 0.15) is 11.6 Å². The first-order valence-electron chi connectivity index (χ1n) is 6.27. The molecule has 0 aromatic carbocycles. The molecule has 1 heterocycles. The summed E-state index contributed by atoms with van der Waals surface area (Å²) in [6.07, 6.45) is -2.61. The summed E-state index contributed by atoms with van der Waals surface area (Å²) < 4.78 is 38.1. The third kappa shape index (κ3) is 5.62. The van der Waals surface area contributed by atoms with Crippen LogP contribution in [0, 0.1) is 0 Å². The first-order chi connectivity index (χ1) is 9.32. The molecule has 0 atom stereocenters. The van der Waals surface area contributed by atoms with Crippen LogP contribution in [0.2, 0.25) is 0 Å². The molecule has 0 saturated heterocycles. The molecule has 0 amide bonds. The van der Waals surface area contributed by atoms with Crippen molar-refractivity contribution in [2.75, 3.05) is 37.9 Å². The smallest absolute Gasteiger partial charge is 0.370 e. The molecular formula is C12H20F3N5. The van der Waals surface area contributed by atoms with Gasteiger partial charge in [-0.1, -0.05) is 0 Å². The predicted molar refractivity (Wildman–Crippen MR) is 73.3 cm³/mol. The Labute approximate surface area is 116 Å². The highest BCUT2D eigenvalue weighted by molar-refractivity contribution is 5.49. The number of nitrogens with one attached hydrogen (secondary N) is 2. The fraction of sp³-hybridized carbons (Fsp3) is 0.583. The van der Waals surface area contributed by atoms with Gasteiger partial charge in [-0.05, 0) is 45.6 Å². The quantitative estimate of drug-likeness (QED) is 0.408. The lowest BCUT2D eigenvalue weighted by atomic mass is 10.2. The maximum atomic E-state index is 12.7.